The van der Waals surface area contributed by atoms with Crippen molar-refractivity contribution in [2.75, 3.05) is 30.8 Å². The summed E-state index contributed by atoms with van der Waals surface area (Å²) >= 11 is 1.30. The summed E-state index contributed by atoms with van der Waals surface area (Å²) in [5.74, 6) is 5.54. The lowest BCUT2D eigenvalue weighted by Gasteiger charge is -2.13. The molecule has 0 unspecified atom stereocenters. The molecule has 0 saturated carbocycles. The number of anilines is 2. The summed E-state index contributed by atoms with van der Waals surface area (Å²) in [5, 5.41) is 3.45. The summed E-state index contributed by atoms with van der Waals surface area (Å²) in [6, 6.07) is 0. The van der Waals surface area contributed by atoms with E-state index in [4.69, 9.17) is 5.73 Å². The zero-order chi connectivity index (χ0) is 13.5. The molecule has 98 valence electrons. The second kappa shape index (κ2) is 6.87. The van der Waals surface area contributed by atoms with E-state index in [1.807, 2.05) is 11.9 Å². The number of hydrogen-bond donors (Lipinski definition) is 2. The molecule has 0 aromatic carbocycles. The molecule has 0 fully saturated rings. The predicted octanol–water partition coefficient (Wildman–Crippen LogP) is 1.32. The number of aromatic nitrogens is 1. The standard InChI is InChI=1S/C12H18N4OS/c1-4-6-7-14-11(17)9-10(13)15-12(18-9)16(3)8-5-2/h5,7-8,13H2,1-3H3,(H,14,17). The second-order valence-corrected chi connectivity index (χ2v) is 4.72. The van der Waals surface area contributed by atoms with Crippen molar-refractivity contribution in [3.63, 3.8) is 0 Å². The normalized spacial score (nSPS) is 9.50. The van der Waals surface area contributed by atoms with Gasteiger partial charge < -0.3 is 16.0 Å². The number of rotatable bonds is 5. The van der Waals surface area contributed by atoms with Crippen LogP contribution in [0.15, 0.2) is 0 Å². The van der Waals surface area contributed by atoms with Crippen LogP contribution in [0.3, 0.4) is 0 Å². The van der Waals surface area contributed by atoms with E-state index in [9.17, 15) is 4.79 Å². The van der Waals surface area contributed by atoms with Gasteiger partial charge in [-0.2, -0.15) is 0 Å². The Morgan fingerprint density at radius 3 is 2.94 bits per heavy atom. The van der Waals surface area contributed by atoms with Crippen LogP contribution < -0.4 is 16.0 Å². The first kappa shape index (κ1) is 14.3. The zero-order valence-electron chi connectivity index (χ0n) is 10.9. The molecule has 1 aromatic rings. The highest BCUT2D eigenvalue weighted by Gasteiger charge is 2.17. The van der Waals surface area contributed by atoms with Crippen molar-refractivity contribution in [3.8, 4) is 11.8 Å². The SMILES string of the molecule is CC#CCNC(=O)c1sc(N(C)CCC)nc1N. The van der Waals surface area contributed by atoms with E-state index in [-0.39, 0.29) is 11.7 Å². The van der Waals surface area contributed by atoms with Crippen molar-refractivity contribution in [1.82, 2.24) is 10.3 Å². The summed E-state index contributed by atoms with van der Waals surface area (Å²) in [6.07, 6.45) is 1.02. The average Bonchev–Trinajstić information content (AvgIpc) is 2.72. The van der Waals surface area contributed by atoms with Gasteiger partial charge in [-0.1, -0.05) is 24.2 Å². The summed E-state index contributed by atoms with van der Waals surface area (Å²) in [4.78, 5) is 18.5. The molecular weight excluding hydrogens is 248 g/mol. The highest BCUT2D eigenvalue weighted by atomic mass is 32.1. The second-order valence-electron chi connectivity index (χ2n) is 3.74. The van der Waals surface area contributed by atoms with E-state index in [2.05, 4.69) is 29.1 Å². The first-order valence-electron chi connectivity index (χ1n) is 5.75. The minimum atomic E-state index is -0.219. The number of nitrogen functional groups attached to an aromatic ring is 1. The van der Waals surface area contributed by atoms with Crippen molar-refractivity contribution in [3.05, 3.63) is 4.88 Å². The third-order valence-electron chi connectivity index (χ3n) is 2.25. The fourth-order valence-corrected chi connectivity index (χ4v) is 2.26. The fourth-order valence-electron chi connectivity index (χ4n) is 1.37. The molecule has 1 amide bonds. The lowest BCUT2D eigenvalue weighted by molar-refractivity contribution is 0.0963. The van der Waals surface area contributed by atoms with Crippen LogP contribution in [0, 0.1) is 11.8 Å². The summed E-state index contributed by atoms with van der Waals surface area (Å²) in [5.41, 5.74) is 5.76. The molecule has 0 aliphatic heterocycles. The summed E-state index contributed by atoms with van der Waals surface area (Å²) in [6.45, 7) is 5.03. The van der Waals surface area contributed by atoms with Crippen LogP contribution in [0.2, 0.25) is 0 Å². The Labute approximate surface area is 111 Å². The van der Waals surface area contributed by atoms with Gasteiger partial charge in [0.05, 0.1) is 6.54 Å². The number of nitrogens with one attached hydrogen (secondary N) is 1. The Balaban J connectivity index is 2.76. The van der Waals surface area contributed by atoms with Gasteiger partial charge in [-0.05, 0) is 13.3 Å². The number of hydrogen-bond acceptors (Lipinski definition) is 5. The van der Waals surface area contributed by atoms with E-state index >= 15 is 0 Å². The number of carbonyl (C=O) groups excluding carboxylic acids is 1. The van der Waals surface area contributed by atoms with Crippen LogP contribution in [0.25, 0.3) is 0 Å². The molecule has 5 nitrogen and oxygen atoms in total. The predicted molar refractivity (Wildman–Crippen MR) is 75.9 cm³/mol. The first-order valence-corrected chi connectivity index (χ1v) is 6.57. The summed E-state index contributed by atoms with van der Waals surface area (Å²) < 4.78 is 0. The minimum absolute atomic E-state index is 0.219. The minimum Gasteiger partial charge on any atom is -0.382 e. The van der Waals surface area contributed by atoms with Gasteiger partial charge in [0.1, 0.15) is 10.7 Å². The van der Waals surface area contributed by atoms with E-state index in [1.54, 1.807) is 6.92 Å². The van der Waals surface area contributed by atoms with Crippen LogP contribution in [0.5, 0.6) is 0 Å². The molecule has 3 N–H and O–H groups in total. The summed E-state index contributed by atoms with van der Waals surface area (Å²) in [7, 11) is 1.94. The topological polar surface area (TPSA) is 71.2 Å². The molecule has 1 heterocycles. The Hall–Kier alpha value is -1.74. The lowest BCUT2D eigenvalue weighted by Crippen LogP contribution is -2.23. The van der Waals surface area contributed by atoms with E-state index in [0.29, 0.717) is 11.4 Å². The maximum atomic E-state index is 11.8. The smallest absolute Gasteiger partial charge is 0.266 e. The Kier molecular flexibility index (Phi) is 5.46. The average molecular weight is 266 g/mol. The van der Waals surface area contributed by atoms with E-state index < -0.39 is 0 Å². The number of nitrogens with two attached hydrogens (primary N) is 1. The first-order chi connectivity index (χ1) is 8.60. The van der Waals surface area contributed by atoms with Gasteiger partial charge in [0.25, 0.3) is 5.91 Å². The highest BCUT2D eigenvalue weighted by molar-refractivity contribution is 7.18. The van der Waals surface area contributed by atoms with Gasteiger partial charge in [0, 0.05) is 13.6 Å². The maximum Gasteiger partial charge on any atom is 0.266 e. The fraction of sp³-hybridized carbons (Fsp3) is 0.500. The maximum absolute atomic E-state index is 11.8. The third-order valence-corrected chi connectivity index (χ3v) is 3.43. The molecule has 0 saturated heterocycles. The third kappa shape index (κ3) is 3.64. The molecule has 18 heavy (non-hydrogen) atoms. The molecule has 1 aromatic heterocycles. The molecule has 0 bridgehead atoms. The van der Waals surface area contributed by atoms with Crippen LogP contribution in [0.1, 0.15) is 29.9 Å². The van der Waals surface area contributed by atoms with E-state index in [1.165, 1.54) is 11.3 Å². The van der Waals surface area contributed by atoms with Crippen molar-refractivity contribution in [2.45, 2.75) is 20.3 Å². The largest absolute Gasteiger partial charge is 0.382 e. The van der Waals surface area contributed by atoms with Crippen LogP contribution in [-0.4, -0.2) is 31.0 Å². The van der Waals surface area contributed by atoms with Gasteiger partial charge in [-0.3, -0.25) is 4.79 Å². The highest BCUT2D eigenvalue weighted by Crippen LogP contribution is 2.27. The van der Waals surface area contributed by atoms with Gasteiger partial charge in [0.15, 0.2) is 5.13 Å². The quantitative estimate of drug-likeness (QED) is 0.789. The Bertz CT molecular complexity index is 472. The molecule has 6 heteroatoms. The van der Waals surface area contributed by atoms with Gasteiger partial charge in [0.2, 0.25) is 0 Å². The molecule has 0 atom stereocenters. The molecule has 0 aliphatic rings. The number of nitrogens with zero attached hydrogens (tertiary/aromatic N) is 2. The number of thiazole rings is 1. The monoisotopic (exact) mass is 266 g/mol. The van der Waals surface area contributed by atoms with Crippen LogP contribution >= 0.6 is 11.3 Å². The molecule has 0 radical (unpaired) electrons. The van der Waals surface area contributed by atoms with Crippen molar-refractivity contribution >= 4 is 28.2 Å². The number of carbonyl (C=O) groups is 1. The lowest BCUT2D eigenvalue weighted by atomic mass is 10.4. The van der Waals surface area contributed by atoms with Crippen molar-refractivity contribution in [1.29, 1.82) is 0 Å². The van der Waals surface area contributed by atoms with Crippen LogP contribution in [0.4, 0.5) is 10.9 Å². The molecule has 0 spiro atoms. The Morgan fingerprint density at radius 1 is 1.61 bits per heavy atom. The van der Waals surface area contributed by atoms with Gasteiger partial charge in [-0.15, -0.1) is 5.92 Å². The van der Waals surface area contributed by atoms with Gasteiger partial charge in [-0.25, -0.2) is 4.98 Å². The Morgan fingerprint density at radius 2 is 2.33 bits per heavy atom. The zero-order valence-corrected chi connectivity index (χ0v) is 11.7. The van der Waals surface area contributed by atoms with E-state index in [0.717, 1.165) is 18.1 Å². The van der Waals surface area contributed by atoms with Crippen molar-refractivity contribution in [2.24, 2.45) is 0 Å². The molecule has 1 rings (SSSR count). The molecule has 0 aliphatic carbocycles. The number of amides is 1. The molecular formula is C12H18N4OS. The van der Waals surface area contributed by atoms with Crippen molar-refractivity contribution < 1.29 is 4.79 Å². The van der Waals surface area contributed by atoms with Crippen LogP contribution in [-0.2, 0) is 0 Å². The van der Waals surface area contributed by atoms with Gasteiger partial charge >= 0.3 is 0 Å².